The number of hydrogen-bond acceptors (Lipinski definition) is 3. The first-order chi connectivity index (χ1) is 13.1. The molecule has 0 saturated heterocycles. The van der Waals surface area contributed by atoms with Crippen LogP contribution in [0.1, 0.15) is 43.7 Å². The van der Waals surface area contributed by atoms with Crippen LogP contribution in [-0.2, 0) is 11.0 Å². The molecule has 152 valence electrons. The summed E-state index contributed by atoms with van der Waals surface area (Å²) in [6, 6.07) is 11.8. The molecule has 4 nitrogen and oxygen atoms in total. The molecule has 2 unspecified atom stereocenters. The van der Waals surface area contributed by atoms with E-state index in [0.29, 0.717) is 24.5 Å². The van der Waals surface area contributed by atoms with E-state index in [4.69, 9.17) is 14.6 Å². The van der Waals surface area contributed by atoms with Gasteiger partial charge in [0, 0.05) is 6.42 Å². The zero-order valence-corrected chi connectivity index (χ0v) is 15.7. The van der Waals surface area contributed by atoms with E-state index in [2.05, 4.69) is 0 Å². The van der Waals surface area contributed by atoms with E-state index in [9.17, 15) is 18.0 Å². The van der Waals surface area contributed by atoms with Crippen LogP contribution in [0, 0.1) is 0 Å². The number of halogens is 3. The Balaban J connectivity index is 1.78. The van der Waals surface area contributed by atoms with Crippen LogP contribution >= 0.6 is 0 Å². The molecule has 28 heavy (non-hydrogen) atoms. The average Bonchev–Trinajstić information content (AvgIpc) is 2.61. The molecule has 0 radical (unpaired) electrons. The van der Waals surface area contributed by atoms with E-state index in [1.165, 1.54) is 12.1 Å². The number of alkyl halides is 3. The second-order valence-corrected chi connectivity index (χ2v) is 6.66. The highest BCUT2D eigenvalue weighted by Crippen LogP contribution is 2.30. The van der Waals surface area contributed by atoms with Crippen molar-refractivity contribution in [3.8, 4) is 11.5 Å². The summed E-state index contributed by atoms with van der Waals surface area (Å²) in [6.07, 6.45) is -3.89. The predicted molar refractivity (Wildman–Crippen MR) is 98.8 cm³/mol. The lowest BCUT2D eigenvalue weighted by molar-refractivity contribution is -0.138. The molecule has 0 aliphatic rings. The Morgan fingerprint density at radius 3 is 2.11 bits per heavy atom. The molecule has 0 saturated carbocycles. The molecule has 7 heteroatoms. The first-order valence-corrected chi connectivity index (χ1v) is 8.93. The molecule has 2 atom stereocenters. The highest BCUT2D eigenvalue weighted by Gasteiger charge is 2.30. The van der Waals surface area contributed by atoms with Gasteiger partial charge in [-0.2, -0.15) is 13.2 Å². The van der Waals surface area contributed by atoms with Crippen molar-refractivity contribution in [2.45, 2.75) is 44.9 Å². The van der Waals surface area contributed by atoms with E-state index in [1.807, 2.05) is 26.0 Å². The van der Waals surface area contributed by atoms with Crippen LogP contribution in [0.2, 0.25) is 0 Å². The van der Waals surface area contributed by atoms with Gasteiger partial charge in [-0.25, -0.2) is 0 Å². The standard InChI is InChI=1S/C21H23F3O4/c1-14(13-20(25)26)16-3-7-19(8-4-16)28-15(2)11-12-27-18-9-5-17(6-10-18)21(22,23)24/h3-10,14-15H,11-13H2,1-2H3,(H,25,26). The highest BCUT2D eigenvalue weighted by molar-refractivity contribution is 5.67. The first-order valence-electron chi connectivity index (χ1n) is 8.93. The largest absolute Gasteiger partial charge is 0.493 e. The predicted octanol–water partition coefficient (Wildman–Crippen LogP) is 5.52. The Hall–Kier alpha value is -2.70. The van der Waals surface area contributed by atoms with E-state index < -0.39 is 17.7 Å². The smallest absolute Gasteiger partial charge is 0.416 e. The Bertz CT molecular complexity index is 755. The summed E-state index contributed by atoms with van der Waals surface area (Å²) in [6.45, 7) is 4.03. The number of aliphatic carboxylic acids is 1. The number of carboxylic acids is 1. The van der Waals surface area contributed by atoms with E-state index >= 15 is 0 Å². The summed E-state index contributed by atoms with van der Waals surface area (Å²) >= 11 is 0. The molecule has 0 spiro atoms. The average molecular weight is 396 g/mol. The molecule has 1 N–H and O–H groups in total. The zero-order chi connectivity index (χ0) is 20.7. The van der Waals surface area contributed by atoms with Crippen molar-refractivity contribution in [1.82, 2.24) is 0 Å². The zero-order valence-electron chi connectivity index (χ0n) is 15.7. The molecule has 2 rings (SSSR count). The number of benzene rings is 2. The SMILES string of the molecule is CC(CCOc1ccc(C(F)(F)F)cc1)Oc1ccc(C(C)CC(=O)O)cc1. The van der Waals surface area contributed by atoms with Crippen molar-refractivity contribution < 1.29 is 32.5 Å². The number of carbonyl (C=O) groups is 1. The topological polar surface area (TPSA) is 55.8 Å². The van der Waals surface area contributed by atoms with Gasteiger partial charge in [0.15, 0.2) is 0 Å². The van der Waals surface area contributed by atoms with Gasteiger partial charge in [0.05, 0.1) is 24.7 Å². The number of rotatable bonds is 9. The van der Waals surface area contributed by atoms with Gasteiger partial charge in [-0.15, -0.1) is 0 Å². The number of hydrogen-bond donors (Lipinski definition) is 1. The van der Waals surface area contributed by atoms with Crippen molar-refractivity contribution in [1.29, 1.82) is 0 Å². The minimum absolute atomic E-state index is 0.0674. The fourth-order valence-electron chi connectivity index (χ4n) is 2.63. The van der Waals surface area contributed by atoms with Crippen molar-refractivity contribution >= 4 is 5.97 Å². The molecule has 0 aliphatic heterocycles. The quantitative estimate of drug-likeness (QED) is 0.606. The lowest BCUT2D eigenvalue weighted by Gasteiger charge is -2.16. The van der Waals surface area contributed by atoms with Crippen LogP contribution in [0.25, 0.3) is 0 Å². The molecular formula is C21H23F3O4. The molecule has 0 amide bonds. The van der Waals surface area contributed by atoms with Gasteiger partial charge in [-0.3, -0.25) is 4.79 Å². The van der Waals surface area contributed by atoms with Gasteiger partial charge in [-0.05, 0) is 54.8 Å². The fraction of sp³-hybridized carbons (Fsp3) is 0.381. The van der Waals surface area contributed by atoms with Crippen LogP contribution in [-0.4, -0.2) is 23.8 Å². The summed E-state index contributed by atoms with van der Waals surface area (Å²) < 4.78 is 48.8. The van der Waals surface area contributed by atoms with Crippen molar-refractivity contribution in [3.05, 3.63) is 59.7 Å². The molecular weight excluding hydrogens is 373 g/mol. The van der Waals surface area contributed by atoms with Gasteiger partial charge in [0.1, 0.15) is 11.5 Å². The van der Waals surface area contributed by atoms with E-state index in [1.54, 1.807) is 12.1 Å². The number of carboxylic acid groups (broad SMARTS) is 1. The van der Waals surface area contributed by atoms with E-state index in [-0.39, 0.29) is 18.4 Å². The molecule has 0 heterocycles. The molecule has 2 aromatic rings. The Morgan fingerprint density at radius 2 is 1.57 bits per heavy atom. The summed E-state index contributed by atoms with van der Waals surface area (Å²) in [7, 11) is 0. The Labute approximate surface area is 161 Å². The van der Waals surface area contributed by atoms with Gasteiger partial charge in [0.2, 0.25) is 0 Å². The van der Waals surface area contributed by atoms with Crippen LogP contribution in [0.5, 0.6) is 11.5 Å². The summed E-state index contributed by atoms with van der Waals surface area (Å²) in [5, 5.41) is 8.85. The third-order valence-electron chi connectivity index (χ3n) is 4.24. The Kier molecular flexibility index (Phi) is 7.31. The lowest BCUT2D eigenvalue weighted by atomic mass is 9.98. The second-order valence-electron chi connectivity index (χ2n) is 6.66. The molecule has 0 fully saturated rings. The minimum Gasteiger partial charge on any atom is -0.493 e. The molecule has 0 bridgehead atoms. The third kappa shape index (κ3) is 6.79. The third-order valence-corrected chi connectivity index (χ3v) is 4.24. The lowest BCUT2D eigenvalue weighted by Crippen LogP contribution is -2.16. The highest BCUT2D eigenvalue weighted by atomic mass is 19.4. The van der Waals surface area contributed by atoms with Crippen molar-refractivity contribution in [3.63, 3.8) is 0 Å². The van der Waals surface area contributed by atoms with Crippen LogP contribution < -0.4 is 9.47 Å². The Morgan fingerprint density at radius 1 is 1.00 bits per heavy atom. The minimum atomic E-state index is -4.36. The van der Waals surface area contributed by atoms with Gasteiger partial charge < -0.3 is 14.6 Å². The molecule has 0 aromatic heterocycles. The summed E-state index contributed by atoms with van der Waals surface area (Å²) in [5.74, 6) is 0.112. The van der Waals surface area contributed by atoms with Crippen LogP contribution in [0.3, 0.4) is 0 Å². The van der Waals surface area contributed by atoms with E-state index in [0.717, 1.165) is 17.7 Å². The van der Waals surface area contributed by atoms with Gasteiger partial charge in [-0.1, -0.05) is 19.1 Å². The molecule has 2 aromatic carbocycles. The van der Waals surface area contributed by atoms with Gasteiger partial charge >= 0.3 is 12.1 Å². The monoisotopic (exact) mass is 396 g/mol. The summed E-state index contributed by atoms with van der Waals surface area (Å²) in [5.41, 5.74) is 0.214. The van der Waals surface area contributed by atoms with Crippen molar-refractivity contribution in [2.75, 3.05) is 6.61 Å². The van der Waals surface area contributed by atoms with Crippen molar-refractivity contribution in [2.24, 2.45) is 0 Å². The fourth-order valence-corrected chi connectivity index (χ4v) is 2.63. The molecule has 0 aliphatic carbocycles. The normalized spacial score (nSPS) is 13.6. The second kappa shape index (κ2) is 9.48. The first kappa shape index (κ1) is 21.6. The maximum Gasteiger partial charge on any atom is 0.416 e. The number of ether oxygens (including phenoxy) is 2. The van der Waals surface area contributed by atoms with Crippen LogP contribution in [0.4, 0.5) is 13.2 Å². The summed E-state index contributed by atoms with van der Waals surface area (Å²) in [4.78, 5) is 10.8. The maximum atomic E-state index is 12.5. The maximum absolute atomic E-state index is 12.5. The van der Waals surface area contributed by atoms with Gasteiger partial charge in [0.25, 0.3) is 0 Å². The van der Waals surface area contributed by atoms with Crippen LogP contribution in [0.15, 0.2) is 48.5 Å².